The third-order valence-corrected chi connectivity index (χ3v) is 3.95. The van der Waals surface area contributed by atoms with Crippen LogP contribution >= 0.6 is 27.7 Å². The summed E-state index contributed by atoms with van der Waals surface area (Å²) in [6.45, 7) is 0. The molecule has 0 bridgehead atoms. The van der Waals surface area contributed by atoms with E-state index in [1.54, 1.807) is 11.8 Å². The predicted molar refractivity (Wildman–Crippen MR) is 74.6 cm³/mol. The molecule has 0 atom stereocenters. The average molecular weight is 310 g/mol. The summed E-state index contributed by atoms with van der Waals surface area (Å²) >= 11 is 4.95. The summed E-state index contributed by atoms with van der Waals surface area (Å²) < 4.78 is 2.90. The number of aryl methyl sites for hydroxylation is 1. The zero-order valence-corrected chi connectivity index (χ0v) is 11.8. The Balaban J connectivity index is 1.97. The molecule has 0 saturated carbocycles. The van der Waals surface area contributed by atoms with Gasteiger partial charge in [0.25, 0.3) is 0 Å². The minimum absolute atomic E-state index is 0.158. The monoisotopic (exact) mass is 309 g/mol. The fourth-order valence-corrected chi connectivity index (χ4v) is 2.54. The van der Waals surface area contributed by atoms with Gasteiger partial charge in [-0.3, -0.25) is 4.79 Å². The molecule has 0 spiro atoms. The number of benzene rings is 1. The van der Waals surface area contributed by atoms with Crippen molar-refractivity contribution >= 4 is 33.5 Å². The molecule has 17 heavy (non-hydrogen) atoms. The van der Waals surface area contributed by atoms with Gasteiger partial charge >= 0.3 is 0 Å². The van der Waals surface area contributed by atoms with Crippen molar-refractivity contribution in [2.75, 3.05) is 5.75 Å². The summed E-state index contributed by atoms with van der Waals surface area (Å²) in [6.07, 6.45) is 1.89. The molecule has 0 N–H and O–H groups in total. The molecule has 1 aromatic carbocycles. The van der Waals surface area contributed by atoms with Crippen LogP contribution in [0.3, 0.4) is 0 Å². The highest BCUT2D eigenvalue weighted by Gasteiger charge is 2.09. The lowest BCUT2D eigenvalue weighted by atomic mass is 10.3. The SMILES string of the molecule is Cn1cccc1C(=O)CSc1ccc(Br)cc1. The number of rotatable bonds is 4. The Morgan fingerprint density at radius 3 is 2.59 bits per heavy atom. The van der Waals surface area contributed by atoms with Crippen LogP contribution in [0.4, 0.5) is 0 Å². The van der Waals surface area contributed by atoms with Gasteiger partial charge in [-0.15, -0.1) is 11.8 Å². The minimum atomic E-state index is 0.158. The number of thioether (sulfide) groups is 1. The molecule has 1 aromatic heterocycles. The van der Waals surface area contributed by atoms with E-state index in [0.29, 0.717) is 5.75 Å². The summed E-state index contributed by atoms with van der Waals surface area (Å²) in [5.74, 6) is 0.630. The number of hydrogen-bond acceptors (Lipinski definition) is 2. The average Bonchev–Trinajstić information content (AvgIpc) is 2.74. The maximum atomic E-state index is 11.9. The van der Waals surface area contributed by atoms with Crippen LogP contribution in [0.25, 0.3) is 0 Å². The molecule has 88 valence electrons. The third-order valence-electron chi connectivity index (χ3n) is 2.41. The fourth-order valence-electron chi connectivity index (χ4n) is 1.50. The molecule has 0 aliphatic heterocycles. The summed E-state index contributed by atoms with van der Waals surface area (Å²) in [6, 6.07) is 11.7. The first kappa shape index (κ1) is 12.5. The zero-order valence-electron chi connectivity index (χ0n) is 9.39. The molecule has 0 fully saturated rings. The van der Waals surface area contributed by atoms with E-state index in [1.165, 1.54) is 0 Å². The molecule has 1 heterocycles. The van der Waals surface area contributed by atoms with Crippen LogP contribution in [0.15, 0.2) is 52.0 Å². The molecule has 2 rings (SSSR count). The van der Waals surface area contributed by atoms with E-state index in [2.05, 4.69) is 15.9 Å². The Labute approximate surface area is 113 Å². The van der Waals surface area contributed by atoms with Crippen molar-refractivity contribution < 1.29 is 4.79 Å². The third kappa shape index (κ3) is 3.23. The predicted octanol–water partition coefficient (Wildman–Crippen LogP) is 3.76. The molecular weight excluding hydrogens is 298 g/mol. The summed E-state index contributed by atoms with van der Waals surface area (Å²) in [7, 11) is 1.89. The highest BCUT2D eigenvalue weighted by atomic mass is 79.9. The number of ketones is 1. The lowest BCUT2D eigenvalue weighted by molar-refractivity contribution is 0.101. The molecule has 4 heteroatoms. The smallest absolute Gasteiger partial charge is 0.189 e. The maximum Gasteiger partial charge on any atom is 0.189 e. The molecule has 2 nitrogen and oxygen atoms in total. The summed E-state index contributed by atoms with van der Waals surface area (Å²) in [4.78, 5) is 13.0. The lowest BCUT2D eigenvalue weighted by Gasteiger charge is -2.03. The lowest BCUT2D eigenvalue weighted by Crippen LogP contribution is -2.07. The first-order chi connectivity index (χ1) is 8.16. The molecule has 0 amide bonds. The van der Waals surface area contributed by atoms with E-state index >= 15 is 0 Å². The van der Waals surface area contributed by atoms with Gasteiger partial charge in [-0.1, -0.05) is 15.9 Å². The van der Waals surface area contributed by atoms with Gasteiger partial charge in [-0.25, -0.2) is 0 Å². The van der Waals surface area contributed by atoms with Crippen molar-refractivity contribution in [2.45, 2.75) is 4.90 Å². The van der Waals surface area contributed by atoms with Crippen LogP contribution in [0.1, 0.15) is 10.5 Å². The van der Waals surface area contributed by atoms with Crippen molar-refractivity contribution in [3.63, 3.8) is 0 Å². The minimum Gasteiger partial charge on any atom is -0.348 e. The Kier molecular flexibility index (Phi) is 4.07. The van der Waals surface area contributed by atoms with Crippen LogP contribution in [-0.2, 0) is 7.05 Å². The zero-order chi connectivity index (χ0) is 12.3. The van der Waals surface area contributed by atoms with Gasteiger partial charge in [0.15, 0.2) is 5.78 Å². The number of hydrogen-bond donors (Lipinski definition) is 0. The number of aromatic nitrogens is 1. The highest BCUT2D eigenvalue weighted by Crippen LogP contribution is 2.21. The van der Waals surface area contributed by atoms with Gasteiger partial charge in [-0.2, -0.15) is 0 Å². The second kappa shape index (κ2) is 5.56. The number of carbonyl (C=O) groups excluding carboxylic acids is 1. The van der Waals surface area contributed by atoms with Crippen molar-refractivity contribution in [3.05, 3.63) is 52.8 Å². The molecule has 2 aromatic rings. The van der Waals surface area contributed by atoms with Crippen LogP contribution in [0.5, 0.6) is 0 Å². The van der Waals surface area contributed by atoms with Crippen molar-refractivity contribution in [2.24, 2.45) is 7.05 Å². The van der Waals surface area contributed by atoms with Gasteiger partial charge < -0.3 is 4.57 Å². The molecule has 0 aliphatic rings. The maximum absolute atomic E-state index is 11.9. The number of carbonyl (C=O) groups is 1. The number of nitrogens with zero attached hydrogens (tertiary/aromatic N) is 1. The van der Waals surface area contributed by atoms with E-state index in [9.17, 15) is 4.79 Å². The molecule has 0 unspecified atom stereocenters. The quantitative estimate of drug-likeness (QED) is 0.633. The van der Waals surface area contributed by atoms with Crippen molar-refractivity contribution in [1.29, 1.82) is 0 Å². The second-order valence-corrected chi connectivity index (χ2v) is 5.63. The Morgan fingerprint density at radius 1 is 1.29 bits per heavy atom. The number of Topliss-reactive ketones (excluding diaryl/α,β-unsaturated/α-hetero) is 1. The van der Waals surface area contributed by atoms with Gasteiger partial charge in [0.1, 0.15) is 0 Å². The van der Waals surface area contributed by atoms with Gasteiger partial charge in [0.05, 0.1) is 11.4 Å². The van der Waals surface area contributed by atoms with Crippen LogP contribution in [0, 0.1) is 0 Å². The van der Waals surface area contributed by atoms with Crippen LogP contribution in [-0.4, -0.2) is 16.1 Å². The Bertz CT molecular complexity index is 518. The van der Waals surface area contributed by atoms with E-state index in [4.69, 9.17) is 0 Å². The molecule has 0 radical (unpaired) electrons. The normalized spacial score (nSPS) is 10.5. The standard InChI is InChI=1S/C13H12BrNOS/c1-15-8-2-3-12(15)13(16)9-17-11-6-4-10(14)5-7-11/h2-8H,9H2,1H3. The fraction of sp³-hybridized carbons (Fsp3) is 0.154. The first-order valence-electron chi connectivity index (χ1n) is 5.20. The van der Waals surface area contributed by atoms with Gasteiger partial charge in [0.2, 0.25) is 0 Å². The molecule has 0 saturated heterocycles. The molecular formula is C13H12BrNOS. The first-order valence-corrected chi connectivity index (χ1v) is 6.97. The van der Waals surface area contributed by atoms with Gasteiger partial charge in [0, 0.05) is 22.6 Å². The summed E-state index contributed by atoms with van der Waals surface area (Å²) in [5.41, 5.74) is 0.759. The van der Waals surface area contributed by atoms with E-state index in [1.807, 2.05) is 54.2 Å². The molecule has 0 aliphatic carbocycles. The van der Waals surface area contributed by atoms with Crippen LogP contribution < -0.4 is 0 Å². The van der Waals surface area contributed by atoms with Crippen molar-refractivity contribution in [1.82, 2.24) is 4.57 Å². The largest absolute Gasteiger partial charge is 0.348 e. The number of halogens is 1. The van der Waals surface area contributed by atoms with E-state index in [-0.39, 0.29) is 5.78 Å². The highest BCUT2D eigenvalue weighted by molar-refractivity contribution is 9.10. The Hall–Kier alpha value is -1.00. The van der Waals surface area contributed by atoms with Gasteiger partial charge in [-0.05, 0) is 36.4 Å². The topological polar surface area (TPSA) is 22.0 Å². The van der Waals surface area contributed by atoms with Crippen LogP contribution in [0.2, 0.25) is 0 Å². The second-order valence-electron chi connectivity index (χ2n) is 3.67. The van der Waals surface area contributed by atoms with E-state index in [0.717, 1.165) is 15.1 Å². The summed E-state index contributed by atoms with van der Waals surface area (Å²) in [5, 5.41) is 0. The van der Waals surface area contributed by atoms with E-state index < -0.39 is 0 Å². The van der Waals surface area contributed by atoms with Crippen molar-refractivity contribution in [3.8, 4) is 0 Å². The Morgan fingerprint density at radius 2 is 2.00 bits per heavy atom.